The molecule has 0 atom stereocenters. The minimum Gasteiger partial charge on any atom is -0.444 e. The Morgan fingerprint density at radius 3 is 2.74 bits per heavy atom. The Hall–Kier alpha value is -2.29. The van der Waals surface area contributed by atoms with E-state index in [2.05, 4.69) is 53.6 Å². The van der Waals surface area contributed by atoms with Crippen LogP contribution in [0, 0.1) is 0 Å². The summed E-state index contributed by atoms with van der Waals surface area (Å²) in [6.07, 6.45) is 2.67. The highest BCUT2D eigenvalue weighted by Crippen LogP contribution is 2.19. The number of fused-ring (bicyclic) bond motifs is 1. The lowest BCUT2D eigenvalue weighted by atomic mass is 10.1. The summed E-state index contributed by atoms with van der Waals surface area (Å²) >= 11 is 0. The van der Waals surface area contributed by atoms with Gasteiger partial charge in [-0.2, -0.15) is 0 Å². The standard InChI is InChI=1S/C16H16N2O/c1-2-15-10-18-16(19-15)11-17-14-8-7-12-5-3-4-6-13(12)9-14/h3-10,17H,2,11H2,1H3. The first-order valence-corrected chi connectivity index (χ1v) is 6.51. The maximum absolute atomic E-state index is 5.57. The molecule has 0 spiro atoms. The van der Waals surface area contributed by atoms with E-state index in [1.165, 1.54) is 10.8 Å². The third-order valence-corrected chi connectivity index (χ3v) is 3.14. The van der Waals surface area contributed by atoms with Gasteiger partial charge in [0.05, 0.1) is 12.7 Å². The third kappa shape index (κ3) is 2.60. The predicted octanol–water partition coefficient (Wildman–Crippen LogP) is 4.00. The predicted molar refractivity (Wildman–Crippen MR) is 77.2 cm³/mol. The molecule has 0 saturated heterocycles. The third-order valence-electron chi connectivity index (χ3n) is 3.14. The van der Waals surface area contributed by atoms with Gasteiger partial charge in [0.25, 0.3) is 0 Å². The van der Waals surface area contributed by atoms with Crippen molar-refractivity contribution in [2.24, 2.45) is 0 Å². The highest BCUT2D eigenvalue weighted by molar-refractivity contribution is 5.85. The average molecular weight is 252 g/mol. The molecule has 0 fully saturated rings. The molecule has 0 aliphatic carbocycles. The molecule has 1 aromatic heterocycles. The summed E-state index contributed by atoms with van der Waals surface area (Å²) in [6, 6.07) is 14.7. The van der Waals surface area contributed by atoms with Crippen molar-refractivity contribution < 1.29 is 4.42 Å². The largest absolute Gasteiger partial charge is 0.444 e. The van der Waals surface area contributed by atoms with Crippen LogP contribution >= 0.6 is 0 Å². The number of benzene rings is 2. The quantitative estimate of drug-likeness (QED) is 0.762. The molecule has 2 aromatic carbocycles. The van der Waals surface area contributed by atoms with Crippen molar-refractivity contribution in [3.8, 4) is 0 Å². The Balaban J connectivity index is 1.74. The van der Waals surface area contributed by atoms with Gasteiger partial charge in [-0.1, -0.05) is 37.3 Å². The average Bonchev–Trinajstić information content (AvgIpc) is 2.93. The second-order valence-electron chi connectivity index (χ2n) is 4.49. The molecular formula is C16H16N2O. The van der Waals surface area contributed by atoms with Crippen LogP contribution < -0.4 is 5.32 Å². The molecule has 0 unspecified atom stereocenters. The van der Waals surface area contributed by atoms with E-state index in [1.807, 2.05) is 6.07 Å². The summed E-state index contributed by atoms with van der Waals surface area (Å²) in [7, 11) is 0. The number of oxazole rings is 1. The van der Waals surface area contributed by atoms with E-state index in [1.54, 1.807) is 6.20 Å². The van der Waals surface area contributed by atoms with Gasteiger partial charge < -0.3 is 9.73 Å². The summed E-state index contributed by atoms with van der Waals surface area (Å²) in [6.45, 7) is 2.67. The van der Waals surface area contributed by atoms with Crippen LogP contribution in [-0.4, -0.2) is 4.98 Å². The second kappa shape index (κ2) is 5.14. The minimum atomic E-state index is 0.609. The maximum atomic E-state index is 5.57. The molecule has 0 radical (unpaired) electrons. The Labute approximate surface area is 112 Å². The zero-order valence-electron chi connectivity index (χ0n) is 10.9. The van der Waals surface area contributed by atoms with E-state index in [9.17, 15) is 0 Å². The molecule has 3 aromatic rings. The Bertz CT molecular complexity index is 688. The number of hydrogen-bond acceptors (Lipinski definition) is 3. The van der Waals surface area contributed by atoms with Crippen LogP contribution in [-0.2, 0) is 13.0 Å². The van der Waals surface area contributed by atoms with Crippen LogP contribution in [0.15, 0.2) is 53.1 Å². The first kappa shape index (κ1) is 11.8. The van der Waals surface area contributed by atoms with Crippen LogP contribution in [0.3, 0.4) is 0 Å². The fraction of sp³-hybridized carbons (Fsp3) is 0.188. The molecule has 96 valence electrons. The monoisotopic (exact) mass is 252 g/mol. The number of nitrogens with zero attached hydrogens (tertiary/aromatic N) is 1. The van der Waals surface area contributed by atoms with Crippen molar-refractivity contribution in [3.63, 3.8) is 0 Å². The lowest BCUT2D eigenvalue weighted by Crippen LogP contribution is -1.99. The first-order chi connectivity index (χ1) is 9.35. The van der Waals surface area contributed by atoms with Gasteiger partial charge in [0.15, 0.2) is 0 Å². The van der Waals surface area contributed by atoms with Gasteiger partial charge in [-0.3, -0.25) is 0 Å². The van der Waals surface area contributed by atoms with Crippen LogP contribution in [0.2, 0.25) is 0 Å². The summed E-state index contributed by atoms with van der Waals surface area (Å²) < 4.78 is 5.57. The van der Waals surface area contributed by atoms with E-state index in [0.29, 0.717) is 6.54 Å². The minimum absolute atomic E-state index is 0.609. The van der Waals surface area contributed by atoms with Gasteiger partial charge in [-0.15, -0.1) is 0 Å². The molecule has 0 saturated carbocycles. The first-order valence-electron chi connectivity index (χ1n) is 6.51. The van der Waals surface area contributed by atoms with Crippen LogP contribution in [0.1, 0.15) is 18.6 Å². The number of hydrogen-bond donors (Lipinski definition) is 1. The van der Waals surface area contributed by atoms with Crippen LogP contribution in [0.4, 0.5) is 5.69 Å². The van der Waals surface area contributed by atoms with Crippen molar-refractivity contribution in [2.45, 2.75) is 19.9 Å². The molecule has 1 N–H and O–H groups in total. The molecule has 0 bridgehead atoms. The smallest absolute Gasteiger partial charge is 0.213 e. The molecule has 0 aliphatic rings. The van der Waals surface area contributed by atoms with Gasteiger partial charge in [-0.25, -0.2) is 4.98 Å². The highest BCUT2D eigenvalue weighted by atomic mass is 16.4. The number of anilines is 1. The lowest BCUT2D eigenvalue weighted by Gasteiger charge is -2.05. The topological polar surface area (TPSA) is 38.1 Å². The summed E-state index contributed by atoms with van der Waals surface area (Å²) in [5.74, 6) is 1.65. The normalized spacial score (nSPS) is 10.8. The van der Waals surface area contributed by atoms with Gasteiger partial charge in [-0.05, 0) is 22.9 Å². The highest BCUT2D eigenvalue weighted by Gasteiger charge is 2.02. The molecular weight excluding hydrogens is 236 g/mol. The van der Waals surface area contributed by atoms with E-state index in [-0.39, 0.29) is 0 Å². The second-order valence-corrected chi connectivity index (χ2v) is 4.49. The van der Waals surface area contributed by atoms with Crippen molar-refractivity contribution in [3.05, 3.63) is 60.3 Å². The van der Waals surface area contributed by atoms with E-state index in [0.717, 1.165) is 23.8 Å². The molecule has 3 heteroatoms. The fourth-order valence-corrected chi connectivity index (χ4v) is 2.07. The van der Waals surface area contributed by atoms with Crippen molar-refractivity contribution in [1.82, 2.24) is 4.98 Å². The van der Waals surface area contributed by atoms with E-state index < -0.39 is 0 Å². The Kier molecular flexibility index (Phi) is 3.19. The van der Waals surface area contributed by atoms with Crippen molar-refractivity contribution in [1.29, 1.82) is 0 Å². The Morgan fingerprint density at radius 2 is 1.95 bits per heavy atom. The molecule has 3 rings (SSSR count). The number of nitrogens with one attached hydrogen (secondary N) is 1. The zero-order valence-corrected chi connectivity index (χ0v) is 10.9. The molecule has 3 nitrogen and oxygen atoms in total. The molecule has 0 aliphatic heterocycles. The molecule has 1 heterocycles. The number of rotatable bonds is 4. The van der Waals surface area contributed by atoms with Crippen molar-refractivity contribution >= 4 is 16.5 Å². The van der Waals surface area contributed by atoms with Gasteiger partial charge in [0.2, 0.25) is 5.89 Å². The lowest BCUT2D eigenvalue weighted by molar-refractivity contribution is 0.466. The van der Waals surface area contributed by atoms with E-state index >= 15 is 0 Å². The van der Waals surface area contributed by atoms with Crippen LogP contribution in [0.5, 0.6) is 0 Å². The fourth-order valence-electron chi connectivity index (χ4n) is 2.07. The SMILES string of the molecule is CCc1cnc(CNc2ccc3ccccc3c2)o1. The van der Waals surface area contributed by atoms with Gasteiger partial charge in [0, 0.05) is 12.1 Å². The molecule has 19 heavy (non-hydrogen) atoms. The molecule has 0 amide bonds. The summed E-state index contributed by atoms with van der Waals surface area (Å²) in [5.41, 5.74) is 1.08. The Morgan fingerprint density at radius 1 is 1.11 bits per heavy atom. The number of aromatic nitrogens is 1. The van der Waals surface area contributed by atoms with Crippen molar-refractivity contribution in [2.75, 3.05) is 5.32 Å². The van der Waals surface area contributed by atoms with Crippen LogP contribution in [0.25, 0.3) is 10.8 Å². The maximum Gasteiger partial charge on any atom is 0.213 e. The van der Waals surface area contributed by atoms with Gasteiger partial charge >= 0.3 is 0 Å². The van der Waals surface area contributed by atoms with Gasteiger partial charge in [0.1, 0.15) is 5.76 Å². The number of aryl methyl sites for hydroxylation is 1. The summed E-state index contributed by atoms with van der Waals surface area (Å²) in [5, 5.41) is 5.81. The summed E-state index contributed by atoms with van der Waals surface area (Å²) in [4.78, 5) is 4.24. The zero-order chi connectivity index (χ0) is 13.1. The van der Waals surface area contributed by atoms with E-state index in [4.69, 9.17) is 4.42 Å².